The number of nitro groups is 1. The highest BCUT2D eigenvalue weighted by atomic mass is 16.6. The lowest BCUT2D eigenvalue weighted by molar-refractivity contribution is -0.384. The number of benzene rings is 1. The predicted octanol–water partition coefficient (Wildman–Crippen LogP) is 1.95. The fraction of sp³-hybridized carbons (Fsp3) is 0.357. The van der Waals surface area contributed by atoms with Gasteiger partial charge in [-0.3, -0.25) is 10.1 Å². The van der Waals surface area contributed by atoms with Crippen molar-refractivity contribution in [3.8, 4) is 0 Å². The van der Waals surface area contributed by atoms with Crippen LogP contribution in [0.25, 0.3) is 10.9 Å². The summed E-state index contributed by atoms with van der Waals surface area (Å²) in [5, 5.41) is 24.4. The molecule has 1 aromatic heterocycles. The minimum Gasteiger partial charge on any atom is -0.391 e. The molecular formula is C14H17N3O4. The molecule has 0 bridgehead atoms. The van der Waals surface area contributed by atoms with Gasteiger partial charge in [-0.05, 0) is 12.5 Å². The lowest BCUT2D eigenvalue weighted by Gasteiger charge is -2.12. The average Bonchev–Trinajstić information content (AvgIpc) is 2.47. The van der Waals surface area contributed by atoms with Crippen LogP contribution in [0.3, 0.4) is 0 Å². The van der Waals surface area contributed by atoms with E-state index in [1.807, 2.05) is 6.07 Å². The van der Waals surface area contributed by atoms with Crippen LogP contribution in [0, 0.1) is 10.1 Å². The largest absolute Gasteiger partial charge is 0.391 e. The van der Waals surface area contributed by atoms with E-state index in [2.05, 4.69) is 10.3 Å². The number of nitrogens with zero attached hydrogens (tertiary/aromatic N) is 2. The van der Waals surface area contributed by atoms with Crippen molar-refractivity contribution < 1.29 is 14.8 Å². The summed E-state index contributed by atoms with van der Waals surface area (Å²) in [7, 11) is 1.51. The molecule has 1 unspecified atom stereocenters. The van der Waals surface area contributed by atoms with Crippen LogP contribution in [0.15, 0.2) is 30.5 Å². The quantitative estimate of drug-likeness (QED) is 0.597. The zero-order valence-corrected chi connectivity index (χ0v) is 11.7. The number of rotatable bonds is 7. The lowest BCUT2D eigenvalue weighted by atomic mass is 10.1. The maximum Gasteiger partial charge on any atom is 0.311 e. The number of pyridine rings is 1. The SMILES string of the molecule is COCC(O)CCNc1c([N+](=O)[O-])cnc2ccccc12. The van der Waals surface area contributed by atoms with Gasteiger partial charge in [-0.15, -0.1) is 0 Å². The molecule has 0 saturated carbocycles. The zero-order valence-electron chi connectivity index (χ0n) is 11.7. The molecule has 1 heterocycles. The van der Waals surface area contributed by atoms with Gasteiger partial charge in [0.15, 0.2) is 0 Å². The Bertz CT molecular complexity index is 633. The highest BCUT2D eigenvalue weighted by Gasteiger charge is 2.17. The number of hydrogen-bond donors (Lipinski definition) is 2. The number of ether oxygens (including phenoxy) is 1. The van der Waals surface area contributed by atoms with E-state index in [4.69, 9.17) is 4.74 Å². The number of anilines is 1. The average molecular weight is 291 g/mol. The Hall–Kier alpha value is -2.25. The molecule has 0 aliphatic rings. The van der Waals surface area contributed by atoms with Crippen molar-refractivity contribution >= 4 is 22.3 Å². The first kappa shape index (κ1) is 15.1. The number of aliphatic hydroxyl groups excluding tert-OH is 1. The van der Waals surface area contributed by atoms with Gasteiger partial charge < -0.3 is 15.2 Å². The maximum absolute atomic E-state index is 11.1. The Morgan fingerprint density at radius 1 is 1.48 bits per heavy atom. The summed E-state index contributed by atoms with van der Waals surface area (Å²) >= 11 is 0. The molecule has 1 atom stereocenters. The standard InChI is InChI=1S/C14H17N3O4/c1-21-9-10(18)6-7-15-14-11-4-2-3-5-12(11)16-8-13(14)17(19)20/h2-5,8,10,18H,6-7,9H2,1H3,(H,15,16). The van der Waals surface area contributed by atoms with Gasteiger partial charge in [0.05, 0.1) is 23.2 Å². The smallest absolute Gasteiger partial charge is 0.311 e. The Morgan fingerprint density at radius 2 is 2.24 bits per heavy atom. The van der Waals surface area contributed by atoms with Crippen LogP contribution in [0.1, 0.15) is 6.42 Å². The van der Waals surface area contributed by atoms with E-state index in [0.29, 0.717) is 29.6 Å². The second kappa shape index (κ2) is 6.96. The third-order valence-corrected chi connectivity index (χ3v) is 3.09. The molecule has 7 heteroatoms. The first-order valence-electron chi connectivity index (χ1n) is 6.56. The van der Waals surface area contributed by atoms with Crippen molar-refractivity contribution in [2.24, 2.45) is 0 Å². The van der Waals surface area contributed by atoms with Crippen molar-refractivity contribution in [3.05, 3.63) is 40.6 Å². The van der Waals surface area contributed by atoms with Crippen LogP contribution in [0.4, 0.5) is 11.4 Å². The Labute approximate surface area is 121 Å². The third-order valence-electron chi connectivity index (χ3n) is 3.09. The molecule has 0 radical (unpaired) electrons. The van der Waals surface area contributed by atoms with Gasteiger partial charge in [0, 0.05) is 19.0 Å². The summed E-state index contributed by atoms with van der Waals surface area (Å²) in [6.07, 6.45) is 1.08. The zero-order chi connectivity index (χ0) is 15.2. The predicted molar refractivity (Wildman–Crippen MR) is 79.4 cm³/mol. The van der Waals surface area contributed by atoms with Gasteiger partial charge in [-0.2, -0.15) is 0 Å². The molecule has 1 aromatic carbocycles. The number of hydrogen-bond acceptors (Lipinski definition) is 6. The van der Waals surface area contributed by atoms with E-state index >= 15 is 0 Å². The highest BCUT2D eigenvalue weighted by molar-refractivity contribution is 5.95. The van der Waals surface area contributed by atoms with Gasteiger partial charge in [-0.25, -0.2) is 4.98 Å². The molecule has 0 fully saturated rings. The van der Waals surface area contributed by atoms with Gasteiger partial charge in [0.2, 0.25) is 0 Å². The molecule has 2 rings (SSSR count). The van der Waals surface area contributed by atoms with Gasteiger partial charge in [0.1, 0.15) is 11.9 Å². The monoisotopic (exact) mass is 291 g/mol. The molecule has 112 valence electrons. The second-order valence-corrected chi connectivity index (χ2v) is 4.62. The summed E-state index contributed by atoms with van der Waals surface area (Å²) in [6.45, 7) is 0.639. The number of methoxy groups -OCH3 is 1. The van der Waals surface area contributed by atoms with Gasteiger partial charge in [-0.1, -0.05) is 18.2 Å². The Balaban J connectivity index is 2.23. The highest BCUT2D eigenvalue weighted by Crippen LogP contribution is 2.31. The maximum atomic E-state index is 11.1. The molecule has 0 aliphatic carbocycles. The Kier molecular flexibility index (Phi) is 5.02. The third kappa shape index (κ3) is 3.65. The minimum absolute atomic E-state index is 0.0741. The summed E-state index contributed by atoms with van der Waals surface area (Å²) in [4.78, 5) is 14.7. The van der Waals surface area contributed by atoms with Gasteiger partial charge >= 0.3 is 5.69 Å². The van der Waals surface area contributed by atoms with Crippen molar-refractivity contribution in [2.75, 3.05) is 25.6 Å². The van der Waals surface area contributed by atoms with Crippen LogP contribution in [0.5, 0.6) is 0 Å². The minimum atomic E-state index is -0.602. The molecule has 2 N–H and O–H groups in total. The summed E-state index contributed by atoms with van der Waals surface area (Å²) in [5.41, 5.74) is 1.04. The van der Waals surface area contributed by atoms with E-state index in [0.717, 1.165) is 0 Å². The first-order chi connectivity index (χ1) is 10.1. The molecule has 21 heavy (non-hydrogen) atoms. The number of aromatic nitrogens is 1. The fourth-order valence-electron chi connectivity index (χ4n) is 2.09. The van der Waals surface area contributed by atoms with Crippen molar-refractivity contribution in [1.82, 2.24) is 4.98 Å². The van der Waals surface area contributed by atoms with Crippen molar-refractivity contribution in [3.63, 3.8) is 0 Å². The van der Waals surface area contributed by atoms with E-state index in [-0.39, 0.29) is 12.3 Å². The molecule has 0 aliphatic heterocycles. The summed E-state index contributed by atoms with van der Waals surface area (Å²) in [5.74, 6) is 0. The van der Waals surface area contributed by atoms with E-state index in [1.165, 1.54) is 13.3 Å². The molecule has 0 amide bonds. The van der Waals surface area contributed by atoms with Crippen molar-refractivity contribution in [2.45, 2.75) is 12.5 Å². The van der Waals surface area contributed by atoms with Crippen LogP contribution in [-0.2, 0) is 4.74 Å². The van der Waals surface area contributed by atoms with Crippen LogP contribution >= 0.6 is 0 Å². The number of nitrogens with one attached hydrogen (secondary N) is 1. The fourth-order valence-corrected chi connectivity index (χ4v) is 2.09. The molecule has 2 aromatic rings. The first-order valence-corrected chi connectivity index (χ1v) is 6.56. The van der Waals surface area contributed by atoms with Crippen LogP contribution in [-0.4, -0.2) is 41.4 Å². The van der Waals surface area contributed by atoms with Crippen molar-refractivity contribution in [1.29, 1.82) is 0 Å². The lowest BCUT2D eigenvalue weighted by Crippen LogP contribution is -2.18. The molecule has 7 nitrogen and oxygen atoms in total. The van der Waals surface area contributed by atoms with Crippen LogP contribution < -0.4 is 5.32 Å². The topological polar surface area (TPSA) is 97.5 Å². The van der Waals surface area contributed by atoms with E-state index in [9.17, 15) is 15.2 Å². The molecule has 0 saturated heterocycles. The van der Waals surface area contributed by atoms with Crippen LogP contribution in [0.2, 0.25) is 0 Å². The van der Waals surface area contributed by atoms with E-state index < -0.39 is 11.0 Å². The Morgan fingerprint density at radius 3 is 2.95 bits per heavy atom. The number of para-hydroxylation sites is 1. The number of fused-ring (bicyclic) bond motifs is 1. The summed E-state index contributed by atoms with van der Waals surface area (Å²) in [6, 6.07) is 7.21. The number of aliphatic hydroxyl groups is 1. The molecule has 0 spiro atoms. The van der Waals surface area contributed by atoms with E-state index in [1.54, 1.807) is 18.2 Å². The molecular weight excluding hydrogens is 274 g/mol. The normalized spacial score (nSPS) is 12.3. The van der Waals surface area contributed by atoms with Gasteiger partial charge in [0.25, 0.3) is 0 Å². The second-order valence-electron chi connectivity index (χ2n) is 4.62. The summed E-state index contributed by atoms with van der Waals surface area (Å²) < 4.78 is 4.84.